The molecule has 0 radical (unpaired) electrons. The largest absolute Gasteiger partial charge is 0.494 e. The van der Waals surface area contributed by atoms with Gasteiger partial charge in [0.15, 0.2) is 0 Å². The van der Waals surface area contributed by atoms with Crippen molar-refractivity contribution in [3.05, 3.63) is 18.2 Å². The molecule has 2 fully saturated rings. The molecule has 1 aromatic rings. The molecule has 1 saturated carbocycles. The molecule has 22 heavy (non-hydrogen) atoms. The molecule has 1 aromatic carbocycles. The predicted molar refractivity (Wildman–Crippen MR) is 85.8 cm³/mol. The number of halogens is 2. The van der Waals surface area contributed by atoms with Crippen molar-refractivity contribution in [1.29, 1.82) is 0 Å². The van der Waals surface area contributed by atoms with Crippen LogP contribution in [0.25, 0.3) is 0 Å². The Balaban J connectivity index is 1.77. The molecule has 1 heterocycles. The van der Waals surface area contributed by atoms with Crippen molar-refractivity contribution < 1.29 is 14.3 Å². The summed E-state index contributed by atoms with van der Waals surface area (Å²) in [5.41, 5.74) is 1.31. The summed E-state index contributed by atoms with van der Waals surface area (Å²) in [7, 11) is 1.54. The van der Waals surface area contributed by atoms with Crippen LogP contribution >= 0.6 is 23.2 Å². The summed E-state index contributed by atoms with van der Waals surface area (Å²) in [6.07, 6.45) is 1.85. The van der Waals surface area contributed by atoms with E-state index in [0.29, 0.717) is 30.8 Å². The van der Waals surface area contributed by atoms with Gasteiger partial charge < -0.3 is 15.0 Å². The number of benzene rings is 1. The number of hydrogen-bond donors (Lipinski definition) is 1. The van der Waals surface area contributed by atoms with Crippen LogP contribution in [0.5, 0.6) is 5.75 Å². The van der Waals surface area contributed by atoms with Crippen molar-refractivity contribution in [1.82, 2.24) is 0 Å². The fourth-order valence-corrected chi connectivity index (χ4v) is 3.12. The number of carbonyl (C=O) groups excluding carboxylic acids is 2. The maximum Gasteiger partial charge on any atom is 0.230 e. The molecular weight excluding hydrogens is 327 g/mol. The fourth-order valence-electron chi connectivity index (χ4n) is 2.61. The van der Waals surface area contributed by atoms with Gasteiger partial charge in [-0.2, -0.15) is 0 Å². The number of carbonyl (C=O) groups is 2. The topological polar surface area (TPSA) is 58.6 Å². The lowest BCUT2D eigenvalue weighted by Gasteiger charge is -2.19. The smallest absolute Gasteiger partial charge is 0.230 e. The molecule has 1 unspecified atom stereocenters. The van der Waals surface area contributed by atoms with Gasteiger partial charge in [-0.15, -0.1) is 23.2 Å². The summed E-state index contributed by atoms with van der Waals surface area (Å²) in [6, 6.07) is 5.22. The van der Waals surface area contributed by atoms with E-state index in [1.807, 2.05) is 0 Å². The Morgan fingerprint density at radius 3 is 2.73 bits per heavy atom. The zero-order valence-corrected chi connectivity index (χ0v) is 13.6. The minimum atomic E-state index is -0.948. The van der Waals surface area contributed by atoms with Gasteiger partial charge in [-0.3, -0.25) is 9.59 Å². The van der Waals surface area contributed by atoms with E-state index in [1.54, 1.807) is 23.1 Å². The Labute approximate surface area is 138 Å². The summed E-state index contributed by atoms with van der Waals surface area (Å²) in [5, 5.41) is 2.77. The Hall–Kier alpha value is -1.46. The van der Waals surface area contributed by atoms with E-state index in [0.717, 1.165) is 12.1 Å². The molecule has 0 aromatic heterocycles. The lowest BCUT2D eigenvalue weighted by Crippen LogP contribution is -2.24. The monoisotopic (exact) mass is 342 g/mol. The highest BCUT2D eigenvalue weighted by Crippen LogP contribution is 2.53. The van der Waals surface area contributed by atoms with Crippen LogP contribution in [0, 0.1) is 5.92 Å². The van der Waals surface area contributed by atoms with Crippen LogP contribution in [-0.2, 0) is 9.59 Å². The van der Waals surface area contributed by atoms with Crippen molar-refractivity contribution >= 4 is 46.4 Å². The molecule has 3 rings (SSSR count). The first-order chi connectivity index (χ1) is 10.4. The summed E-state index contributed by atoms with van der Waals surface area (Å²) in [5.74, 6) is 0.0349. The highest BCUT2D eigenvalue weighted by atomic mass is 35.5. The Kier molecular flexibility index (Phi) is 3.95. The molecule has 2 amide bonds. The van der Waals surface area contributed by atoms with Gasteiger partial charge >= 0.3 is 0 Å². The van der Waals surface area contributed by atoms with Crippen molar-refractivity contribution in [2.75, 3.05) is 23.9 Å². The molecule has 1 aliphatic heterocycles. The minimum Gasteiger partial charge on any atom is -0.494 e. The quantitative estimate of drug-likeness (QED) is 0.855. The van der Waals surface area contributed by atoms with Crippen LogP contribution < -0.4 is 15.0 Å². The van der Waals surface area contributed by atoms with Gasteiger partial charge in [0.05, 0.1) is 18.7 Å². The van der Waals surface area contributed by atoms with Gasteiger partial charge in [0, 0.05) is 24.7 Å². The van der Waals surface area contributed by atoms with Gasteiger partial charge in [-0.25, -0.2) is 0 Å². The van der Waals surface area contributed by atoms with E-state index in [-0.39, 0.29) is 17.7 Å². The Morgan fingerprint density at radius 1 is 1.45 bits per heavy atom. The molecule has 5 nitrogen and oxygen atoms in total. The van der Waals surface area contributed by atoms with Crippen LogP contribution in [0.15, 0.2) is 18.2 Å². The third-order valence-electron chi connectivity index (χ3n) is 3.95. The maximum atomic E-state index is 12.0. The molecular formula is C15H16Cl2N2O3. The van der Waals surface area contributed by atoms with Crippen molar-refractivity contribution in [2.45, 2.75) is 23.6 Å². The molecule has 2 aliphatic rings. The molecule has 118 valence electrons. The van der Waals surface area contributed by atoms with E-state index in [9.17, 15) is 9.59 Å². The second-order valence-corrected chi connectivity index (χ2v) is 7.08. The highest BCUT2D eigenvalue weighted by molar-refractivity contribution is 6.52. The number of nitrogens with zero attached hydrogens (tertiary/aromatic N) is 1. The average molecular weight is 343 g/mol. The second kappa shape index (κ2) is 5.63. The third kappa shape index (κ3) is 2.88. The van der Waals surface area contributed by atoms with Crippen molar-refractivity contribution in [3.8, 4) is 5.75 Å². The number of rotatable bonds is 4. The van der Waals surface area contributed by atoms with Crippen molar-refractivity contribution in [2.24, 2.45) is 5.92 Å². The first-order valence-electron chi connectivity index (χ1n) is 7.09. The van der Waals surface area contributed by atoms with E-state index in [1.165, 1.54) is 7.11 Å². The van der Waals surface area contributed by atoms with Crippen LogP contribution in [0.3, 0.4) is 0 Å². The molecule has 0 bridgehead atoms. The lowest BCUT2D eigenvalue weighted by molar-refractivity contribution is -0.118. The number of nitrogens with one attached hydrogen (secondary N) is 1. The zero-order chi connectivity index (χ0) is 15.9. The van der Waals surface area contributed by atoms with Gasteiger partial charge in [0.25, 0.3) is 0 Å². The summed E-state index contributed by atoms with van der Waals surface area (Å²) in [6.45, 7) is 0.685. The molecule has 1 saturated heterocycles. The lowest BCUT2D eigenvalue weighted by atomic mass is 10.2. The first-order valence-corrected chi connectivity index (χ1v) is 7.85. The number of alkyl halides is 2. The first kappa shape index (κ1) is 15.4. The molecule has 7 heteroatoms. The van der Waals surface area contributed by atoms with Crippen LogP contribution in [-0.4, -0.2) is 29.8 Å². The van der Waals surface area contributed by atoms with Gasteiger partial charge in [0.2, 0.25) is 11.8 Å². The number of hydrogen-bond acceptors (Lipinski definition) is 3. The van der Waals surface area contributed by atoms with E-state index in [2.05, 4.69) is 5.32 Å². The van der Waals surface area contributed by atoms with E-state index < -0.39 is 4.33 Å². The number of methoxy groups -OCH3 is 1. The normalized spacial score (nSPS) is 22.6. The highest BCUT2D eigenvalue weighted by Gasteiger charge is 2.56. The second-order valence-electron chi connectivity index (χ2n) is 5.54. The standard InChI is InChI=1S/C15H16Cl2N2O3/c1-22-12-7-9(18-14(21)10-8-15(10,16)17)4-5-11(12)19-6-2-3-13(19)20/h4-5,7,10H,2-3,6,8H2,1H3,(H,18,21). The van der Waals surface area contributed by atoms with Gasteiger partial charge in [-0.1, -0.05) is 0 Å². The maximum absolute atomic E-state index is 12.0. The molecule has 0 spiro atoms. The van der Waals surface area contributed by atoms with Crippen LogP contribution in [0.4, 0.5) is 11.4 Å². The third-order valence-corrected chi connectivity index (χ3v) is 4.79. The van der Waals surface area contributed by atoms with Crippen LogP contribution in [0.1, 0.15) is 19.3 Å². The summed E-state index contributed by atoms with van der Waals surface area (Å²) >= 11 is 11.8. The van der Waals surface area contributed by atoms with E-state index >= 15 is 0 Å². The number of amides is 2. The average Bonchev–Trinajstić information content (AvgIpc) is 2.91. The van der Waals surface area contributed by atoms with Gasteiger partial charge in [0.1, 0.15) is 10.1 Å². The fraction of sp³-hybridized carbons (Fsp3) is 0.467. The zero-order valence-electron chi connectivity index (χ0n) is 12.1. The Bertz CT molecular complexity index is 633. The molecule has 1 atom stereocenters. The summed E-state index contributed by atoms with van der Waals surface area (Å²) in [4.78, 5) is 25.5. The predicted octanol–water partition coefficient (Wildman–Crippen LogP) is 2.95. The summed E-state index contributed by atoms with van der Waals surface area (Å²) < 4.78 is 4.40. The van der Waals surface area contributed by atoms with Crippen molar-refractivity contribution in [3.63, 3.8) is 0 Å². The molecule has 1 aliphatic carbocycles. The van der Waals surface area contributed by atoms with E-state index in [4.69, 9.17) is 27.9 Å². The molecule has 1 N–H and O–H groups in total. The minimum absolute atomic E-state index is 0.0853. The van der Waals surface area contributed by atoms with Crippen LogP contribution in [0.2, 0.25) is 0 Å². The number of ether oxygens (including phenoxy) is 1. The number of anilines is 2. The van der Waals surface area contributed by atoms with Gasteiger partial charge in [-0.05, 0) is 25.0 Å². The Morgan fingerprint density at radius 2 is 2.18 bits per heavy atom. The SMILES string of the molecule is COc1cc(NC(=O)C2CC2(Cl)Cl)ccc1N1CCCC1=O.